The fourth-order valence-corrected chi connectivity index (χ4v) is 3.20. The number of rotatable bonds is 2. The Balaban J connectivity index is 1.65. The minimum absolute atomic E-state index is 0.936. The van der Waals surface area contributed by atoms with Crippen LogP contribution in [0.4, 0.5) is 0 Å². The average molecular weight is 229 g/mol. The van der Waals surface area contributed by atoms with Gasteiger partial charge in [0.25, 0.3) is 0 Å². The van der Waals surface area contributed by atoms with Gasteiger partial charge in [-0.15, -0.1) is 0 Å². The molecule has 0 atom stereocenters. The fraction of sp³-hybridized carbons (Fsp3) is 0.625. The van der Waals surface area contributed by atoms with Crippen LogP contribution in [0.1, 0.15) is 42.9 Å². The zero-order valence-electron chi connectivity index (χ0n) is 10.9. The number of likely N-dealkylation sites (tertiary alicyclic amines) is 1. The molecule has 0 amide bonds. The predicted octanol–water partition coefficient (Wildman–Crippen LogP) is 3.41. The lowest BCUT2D eigenvalue weighted by Crippen LogP contribution is -2.32. The number of benzene rings is 1. The maximum absolute atomic E-state index is 2.62. The highest BCUT2D eigenvalue weighted by Gasteiger charge is 2.16. The van der Waals surface area contributed by atoms with E-state index in [0.717, 1.165) is 5.92 Å². The number of nitrogens with zero attached hydrogens (tertiary/aromatic N) is 1. The summed E-state index contributed by atoms with van der Waals surface area (Å²) in [6.45, 7) is 6.13. The number of hydrogen-bond acceptors (Lipinski definition) is 1. The maximum Gasteiger partial charge on any atom is 0.0233 e. The van der Waals surface area contributed by atoms with E-state index in [2.05, 4.69) is 30.0 Å². The van der Waals surface area contributed by atoms with Crippen molar-refractivity contribution < 1.29 is 0 Å². The Bertz CT molecular complexity index is 389. The highest BCUT2D eigenvalue weighted by Crippen LogP contribution is 2.24. The first-order chi connectivity index (χ1) is 8.31. The van der Waals surface area contributed by atoms with Gasteiger partial charge < -0.3 is 0 Å². The summed E-state index contributed by atoms with van der Waals surface area (Å²) in [5.41, 5.74) is 4.74. The van der Waals surface area contributed by atoms with E-state index in [-0.39, 0.29) is 0 Å². The molecule has 0 bridgehead atoms. The van der Waals surface area contributed by atoms with Gasteiger partial charge in [0.15, 0.2) is 0 Å². The van der Waals surface area contributed by atoms with Crippen molar-refractivity contribution in [1.29, 1.82) is 0 Å². The molecule has 2 aliphatic rings. The molecule has 0 radical (unpaired) electrons. The molecular weight excluding hydrogens is 206 g/mol. The van der Waals surface area contributed by atoms with E-state index in [9.17, 15) is 0 Å². The summed E-state index contributed by atoms with van der Waals surface area (Å²) in [6, 6.07) is 7.17. The largest absolute Gasteiger partial charge is 0.299 e. The Morgan fingerprint density at radius 1 is 1.12 bits per heavy atom. The molecule has 0 aromatic heterocycles. The first-order valence-electron chi connectivity index (χ1n) is 7.14. The number of aryl methyl sites for hydroxylation is 2. The minimum atomic E-state index is 0.936. The summed E-state index contributed by atoms with van der Waals surface area (Å²) in [7, 11) is 0. The molecule has 1 aromatic carbocycles. The van der Waals surface area contributed by atoms with Gasteiger partial charge in [-0.3, -0.25) is 4.90 Å². The molecule has 1 fully saturated rings. The second-order valence-corrected chi connectivity index (χ2v) is 5.92. The SMILES string of the molecule is CC1CCN(Cc2ccc3c(c2)CCC3)CC1. The molecule has 1 aliphatic heterocycles. The quantitative estimate of drug-likeness (QED) is 0.751. The zero-order valence-corrected chi connectivity index (χ0v) is 10.9. The Morgan fingerprint density at radius 3 is 2.71 bits per heavy atom. The van der Waals surface area contributed by atoms with Crippen LogP contribution in [-0.2, 0) is 19.4 Å². The van der Waals surface area contributed by atoms with Crippen LogP contribution in [0.2, 0.25) is 0 Å². The average Bonchev–Trinajstić information content (AvgIpc) is 2.79. The van der Waals surface area contributed by atoms with E-state index in [0.29, 0.717) is 0 Å². The lowest BCUT2D eigenvalue weighted by molar-refractivity contribution is 0.185. The molecule has 3 rings (SSSR count). The Labute approximate surface area is 105 Å². The van der Waals surface area contributed by atoms with E-state index in [1.165, 1.54) is 57.3 Å². The van der Waals surface area contributed by atoms with Gasteiger partial charge in [0.2, 0.25) is 0 Å². The fourth-order valence-electron chi connectivity index (χ4n) is 3.20. The van der Waals surface area contributed by atoms with Gasteiger partial charge in [0, 0.05) is 6.54 Å². The molecule has 1 heterocycles. The van der Waals surface area contributed by atoms with Crippen molar-refractivity contribution in [3.63, 3.8) is 0 Å². The van der Waals surface area contributed by atoms with Crippen LogP contribution in [0, 0.1) is 5.92 Å². The zero-order chi connectivity index (χ0) is 11.7. The summed E-state index contributed by atoms with van der Waals surface area (Å²) in [5.74, 6) is 0.936. The van der Waals surface area contributed by atoms with Gasteiger partial charge in [0.1, 0.15) is 0 Å². The number of piperidine rings is 1. The summed E-state index contributed by atoms with van der Waals surface area (Å²) in [6.07, 6.45) is 6.73. The second-order valence-electron chi connectivity index (χ2n) is 5.92. The highest BCUT2D eigenvalue weighted by atomic mass is 15.1. The summed E-state index contributed by atoms with van der Waals surface area (Å²) >= 11 is 0. The standard InChI is InChI=1S/C16H23N/c1-13-7-9-17(10-8-13)12-14-5-6-15-3-2-4-16(15)11-14/h5-6,11,13H,2-4,7-10,12H2,1H3. The van der Waals surface area contributed by atoms with Crippen LogP contribution in [0.5, 0.6) is 0 Å². The normalized spacial score (nSPS) is 21.7. The Kier molecular flexibility index (Phi) is 3.19. The third-order valence-corrected chi connectivity index (χ3v) is 4.45. The van der Waals surface area contributed by atoms with E-state index in [4.69, 9.17) is 0 Å². The molecule has 1 saturated heterocycles. The highest BCUT2D eigenvalue weighted by molar-refractivity contribution is 5.35. The van der Waals surface area contributed by atoms with Crippen molar-refractivity contribution in [3.05, 3.63) is 34.9 Å². The lowest BCUT2D eigenvalue weighted by Gasteiger charge is -2.30. The number of hydrogen-bond donors (Lipinski definition) is 0. The van der Waals surface area contributed by atoms with Crippen molar-refractivity contribution in [2.75, 3.05) is 13.1 Å². The molecule has 17 heavy (non-hydrogen) atoms. The van der Waals surface area contributed by atoms with Crippen molar-refractivity contribution >= 4 is 0 Å². The Morgan fingerprint density at radius 2 is 1.88 bits per heavy atom. The smallest absolute Gasteiger partial charge is 0.0233 e. The van der Waals surface area contributed by atoms with Crippen LogP contribution in [-0.4, -0.2) is 18.0 Å². The molecule has 1 heteroatoms. The number of fused-ring (bicyclic) bond motifs is 1. The van der Waals surface area contributed by atoms with Crippen LogP contribution in [0.25, 0.3) is 0 Å². The maximum atomic E-state index is 2.62. The first kappa shape index (κ1) is 11.3. The van der Waals surface area contributed by atoms with E-state index >= 15 is 0 Å². The summed E-state index contributed by atoms with van der Waals surface area (Å²) in [5, 5.41) is 0. The molecular formula is C16H23N. The monoisotopic (exact) mass is 229 g/mol. The van der Waals surface area contributed by atoms with Gasteiger partial charge in [0.05, 0.1) is 0 Å². The molecule has 92 valence electrons. The van der Waals surface area contributed by atoms with Gasteiger partial charge >= 0.3 is 0 Å². The van der Waals surface area contributed by atoms with Crippen LogP contribution >= 0.6 is 0 Å². The molecule has 0 saturated carbocycles. The summed E-state index contributed by atoms with van der Waals surface area (Å²) in [4.78, 5) is 2.62. The van der Waals surface area contributed by atoms with Crippen molar-refractivity contribution in [1.82, 2.24) is 4.90 Å². The minimum Gasteiger partial charge on any atom is -0.299 e. The Hall–Kier alpha value is -0.820. The van der Waals surface area contributed by atoms with Crippen LogP contribution in [0.3, 0.4) is 0 Å². The van der Waals surface area contributed by atoms with Crippen molar-refractivity contribution in [2.45, 2.75) is 45.6 Å². The molecule has 1 aliphatic carbocycles. The summed E-state index contributed by atoms with van der Waals surface area (Å²) < 4.78 is 0. The van der Waals surface area contributed by atoms with Crippen LogP contribution in [0.15, 0.2) is 18.2 Å². The van der Waals surface area contributed by atoms with Gasteiger partial charge in [-0.2, -0.15) is 0 Å². The first-order valence-corrected chi connectivity index (χ1v) is 7.14. The molecule has 1 aromatic rings. The van der Waals surface area contributed by atoms with Crippen molar-refractivity contribution in [3.8, 4) is 0 Å². The van der Waals surface area contributed by atoms with Gasteiger partial charge in [-0.1, -0.05) is 25.1 Å². The second kappa shape index (κ2) is 4.81. The van der Waals surface area contributed by atoms with Gasteiger partial charge in [-0.25, -0.2) is 0 Å². The van der Waals surface area contributed by atoms with Gasteiger partial charge in [-0.05, 0) is 67.8 Å². The predicted molar refractivity (Wildman–Crippen MR) is 72.1 cm³/mol. The topological polar surface area (TPSA) is 3.24 Å². The molecule has 0 N–H and O–H groups in total. The van der Waals surface area contributed by atoms with E-state index < -0.39 is 0 Å². The third kappa shape index (κ3) is 2.55. The lowest BCUT2D eigenvalue weighted by atomic mass is 9.98. The van der Waals surface area contributed by atoms with Crippen LogP contribution < -0.4 is 0 Å². The van der Waals surface area contributed by atoms with Crippen molar-refractivity contribution in [2.24, 2.45) is 5.92 Å². The molecule has 0 unspecified atom stereocenters. The third-order valence-electron chi connectivity index (χ3n) is 4.45. The van der Waals surface area contributed by atoms with E-state index in [1.807, 2.05) is 0 Å². The molecule has 1 nitrogen and oxygen atoms in total. The molecule has 0 spiro atoms. The van der Waals surface area contributed by atoms with E-state index in [1.54, 1.807) is 11.1 Å².